The largest absolute Gasteiger partial charge is 0.316 e. The molecule has 1 N–H and O–H groups in total. The molecule has 1 heterocycles. The molecule has 0 aliphatic heterocycles. The van der Waals surface area contributed by atoms with Crippen LogP contribution in [0.4, 0.5) is 0 Å². The molecular formula is C12H23N3. The van der Waals surface area contributed by atoms with Gasteiger partial charge in [0.15, 0.2) is 0 Å². The van der Waals surface area contributed by atoms with Crippen molar-refractivity contribution in [3.8, 4) is 0 Å². The quantitative estimate of drug-likeness (QED) is 0.724. The first kappa shape index (κ1) is 12.2. The minimum atomic E-state index is 0.726. The van der Waals surface area contributed by atoms with Crippen molar-refractivity contribution in [1.29, 1.82) is 0 Å². The molecule has 0 amide bonds. The summed E-state index contributed by atoms with van der Waals surface area (Å²) in [5, 5.41) is 7.89. The summed E-state index contributed by atoms with van der Waals surface area (Å²) in [6, 6.07) is 0. The standard InChI is InChI=1S/C12H23N3/c1-5-12-11(9-15(4)14-12)6-7-13-8-10(2)3/h9-10,13H,5-8H2,1-4H3. The molecule has 0 unspecified atom stereocenters. The lowest BCUT2D eigenvalue weighted by Crippen LogP contribution is -2.22. The zero-order valence-electron chi connectivity index (χ0n) is 10.4. The van der Waals surface area contributed by atoms with Crippen molar-refractivity contribution in [2.24, 2.45) is 13.0 Å². The monoisotopic (exact) mass is 209 g/mol. The van der Waals surface area contributed by atoms with Crippen molar-refractivity contribution in [2.75, 3.05) is 13.1 Å². The lowest BCUT2D eigenvalue weighted by atomic mass is 10.1. The van der Waals surface area contributed by atoms with E-state index < -0.39 is 0 Å². The van der Waals surface area contributed by atoms with E-state index in [-0.39, 0.29) is 0 Å². The van der Waals surface area contributed by atoms with E-state index in [1.807, 2.05) is 11.7 Å². The summed E-state index contributed by atoms with van der Waals surface area (Å²) < 4.78 is 1.91. The molecule has 3 heteroatoms. The van der Waals surface area contributed by atoms with Gasteiger partial charge in [0.05, 0.1) is 5.69 Å². The molecular weight excluding hydrogens is 186 g/mol. The van der Waals surface area contributed by atoms with Crippen molar-refractivity contribution in [3.63, 3.8) is 0 Å². The lowest BCUT2D eigenvalue weighted by Gasteiger charge is -2.06. The van der Waals surface area contributed by atoms with E-state index in [0.717, 1.165) is 31.8 Å². The zero-order valence-corrected chi connectivity index (χ0v) is 10.4. The third-order valence-corrected chi connectivity index (χ3v) is 2.45. The van der Waals surface area contributed by atoms with Crippen LogP contribution in [0.1, 0.15) is 32.0 Å². The topological polar surface area (TPSA) is 29.9 Å². The highest BCUT2D eigenvalue weighted by molar-refractivity contribution is 5.17. The molecule has 0 aromatic carbocycles. The molecule has 0 spiro atoms. The summed E-state index contributed by atoms with van der Waals surface area (Å²) >= 11 is 0. The van der Waals surface area contributed by atoms with Crippen LogP contribution in [0.2, 0.25) is 0 Å². The molecule has 86 valence electrons. The highest BCUT2D eigenvalue weighted by Gasteiger charge is 2.04. The van der Waals surface area contributed by atoms with Crippen LogP contribution in [-0.4, -0.2) is 22.9 Å². The fraction of sp³-hybridized carbons (Fsp3) is 0.750. The predicted octanol–water partition coefficient (Wildman–Crippen LogP) is 1.77. The zero-order chi connectivity index (χ0) is 11.3. The molecule has 0 bridgehead atoms. The van der Waals surface area contributed by atoms with Gasteiger partial charge in [0.2, 0.25) is 0 Å². The highest BCUT2D eigenvalue weighted by atomic mass is 15.2. The predicted molar refractivity (Wildman–Crippen MR) is 64.0 cm³/mol. The summed E-state index contributed by atoms with van der Waals surface area (Å²) in [6.07, 6.45) is 4.25. The molecule has 0 aliphatic rings. The Kier molecular flexibility index (Phi) is 4.82. The minimum Gasteiger partial charge on any atom is -0.316 e. The van der Waals surface area contributed by atoms with E-state index in [0.29, 0.717) is 0 Å². The Bertz CT molecular complexity index is 289. The molecule has 1 aromatic rings. The minimum absolute atomic E-state index is 0.726. The van der Waals surface area contributed by atoms with Gasteiger partial charge < -0.3 is 5.32 Å². The second-order valence-electron chi connectivity index (χ2n) is 4.48. The average Bonchev–Trinajstić information content (AvgIpc) is 2.53. The van der Waals surface area contributed by atoms with Crippen LogP contribution in [0.15, 0.2) is 6.20 Å². The van der Waals surface area contributed by atoms with Gasteiger partial charge in [0.25, 0.3) is 0 Å². The molecule has 0 aliphatic carbocycles. The summed E-state index contributed by atoms with van der Waals surface area (Å²) in [4.78, 5) is 0. The van der Waals surface area contributed by atoms with Gasteiger partial charge in [-0.3, -0.25) is 4.68 Å². The summed E-state index contributed by atoms with van der Waals surface area (Å²) in [7, 11) is 1.99. The van der Waals surface area contributed by atoms with Crippen molar-refractivity contribution < 1.29 is 0 Å². The van der Waals surface area contributed by atoms with Gasteiger partial charge in [-0.25, -0.2) is 0 Å². The van der Waals surface area contributed by atoms with E-state index in [4.69, 9.17) is 0 Å². The Morgan fingerprint density at radius 1 is 1.47 bits per heavy atom. The van der Waals surface area contributed by atoms with Crippen LogP contribution < -0.4 is 5.32 Å². The van der Waals surface area contributed by atoms with Crippen LogP contribution in [-0.2, 0) is 19.9 Å². The van der Waals surface area contributed by atoms with Crippen molar-refractivity contribution in [2.45, 2.75) is 33.6 Å². The second kappa shape index (κ2) is 5.91. The van der Waals surface area contributed by atoms with E-state index >= 15 is 0 Å². The summed E-state index contributed by atoms with van der Waals surface area (Å²) in [5.74, 6) is 0.726. The Hall–Kier alpha value is -0.830. The Morgan fingerprint density at radius 2 is 2.20 bits per heavy atom. The van der Waals surface area contributed by atoms with Gasteiger partial charge in [0.1, 0.15) is 0 Å². The van der Waals surface area contributed by atoms with Crippen LogP contribution in [0.25, 0.3) is 0 Å². The SMILES string of the molecule is CCc1nn(C)cc1CCNCC(C)C. The van der Waals surface area contributed by atoms with Crippen LogP contribution >= 0.6 is 0 Å². The molecule has 0 radical (unpaired) electrons. The molecule has 3 nitrogen and oxygen atoms in total. The van der Waals surface area contributed by atoms with E-state index in [1.54, 1.807) is 0 Å². The molecule has 0 fully saturated rings. The van der Waals surface area contributed by atoms with E-state index in [2.05, 4.69) is 37.4 Å². The third kappa shape index (κ3) is 4.04. The van der Waals surface area contributed by atoms with Gasteiger partial charge >= 0.3 is 0 Å². The number of aromatic nitrogens is 2. The second-order valence-corrected chi connectivity index (χ2v) is 4.48. The number of nitrogens with zero attached hydrogens (tertiary/aromatic N) is 2. The maximum Gasteiger partial charge on any atom is 0.0654 e. The van der Waals surface area contributed by atoms with Crippen molar-refractivity contribution in [3.05, 3.63) is 17.5 Å². The molecule has 0 saturated carbocycles. The number of nitrogens with one attached hydrogen (secondary N) is 1. The van der Waals surface area contributed by atoms with Gasteiger partial charge in [0, 0.05) is 13.2 Å². The first-order chi connectivity index (χ1) is 7.13. The summed E-state index contributed by atoms with van der Waals surface area (Å²) in [5.41, 5.74) is 2.63. The van der Waals surface area contributed by atoms with Gasteiger partial charge in [-0.05, 0) is 37.4 Å². The fourth-order valence-corrected chi connectivity index (χ4v) is 1.70. The maximum absolute atomic E-state index is 4.43. The first-order valence-corrected chi connectivity index (χ1v) is 5.85. The molecule has 1 aromatic heterocycles. The van der Waals surface area contributed by atoms with Crippen LogP contribution in [0.5, 0.6) is 0 Å². The van der Waals surface area contributed by atoms with Gasteiger partial charge in [-0.1, -0.05) is 20.8 Å². The Morgan fingerprint density at radius 3 is 2.80 bits per heavy atom. The normalized spacial score (nSPS) is 11.3. The van der Waals surface area contributed by atoms with E-state index in [9.17, 15) is 0 Å². The lowest BCUT2D eigenvalue weighted by molar-refractivity contribution is 0.554. The van der Waals surface area contributed by atoms with Crippen molar-refractivity contribution in [1.82, 2.24) is 15.1 Å². The molecule has 1 rings (SSSR count). The average molecular weight is 209 g/mol. The van der Waals surface area contributed by atoms with Crippen LogP contribution in [0, 0.1) is 5.92 Å². The number of aryl methyl sites for hydroxylation is 2. The number of hydrogen-bond acceptors (Lipinski definition) is 2. The molecule has 0 atom stereocenters. The maximum atomic E-state index is 4.43. The third-order valence-electron chi connectivity index (χ3n) is 2.45. The van der Waals surface area contributed by atoms with Crippen LogP contribution in [0.3, 0.4) is 0 Å². The smallest absolute Gasteiger partial charge is 0.0654 e. The van der Waals surface area contributed by atoms with Gasteiger partial charge in [-0.15, -0.1) is 0 Å². The number of rotatable bonds is 6. The molecule has 0 saturated heterocycles. The first-order valence-electron chi connectivity index (χ1n) is 5.85. The highest BCUT2D eigenvalue weighted by Crippen LogP contribution is 2.07. The van der Waals surface area contributed by atoms with Gasteiger partial charge in [-0.2, -0.15) is 5.10 Å². The Balaban J connectivity index is 2.36. The Labute approximate surface area is 92.9 Å². The fourth-order valence-electron chi connectivity index (χ4n) is 1.70. The summed E-state index contributed by atoms with van der Waals surface area (Å²) in [6.45, 7) is 8.77. The van der Waals surface area contributed by atoms with E-state index in [1.165, 1.54) is 11.3 Å². The molecule has 15 heavy (non-hydrogen) atoms. The number of hydrogen-bond donors (Lipinski definition) is 1. The van der Waals surface area contributed by atoms with Crippen molar-refractivity contribution >= 4 is 0 Å².